The van der Waals surface area contributed by atoms with Gasteiger partial charge in [-0.1, -0.05) is 195 Å². The van der Waals surface area contributed by atoms with Crippen LogP contribution in [0.25, 0.3) is 0 Å². The van der Waals surface area contributed by atoms with Gasteiger partial charge in [0.25, 0.3) is 0 Å². The van der Waals surface area contributed by atoms with Crippen LogP contribution in [0.5, 0.6) is 0 Å². The summed E-state index contributed by atoms with van der Waals surface area (Å²) in [5.74, 6) is -0.364. The van der Waals surface area contributed by atoms with Crippen LogP contribution in [-0.4, -0.2) is 70.8 Å². The van der Waals surface area contributed by atoms with Crippen LogP contribution in [0, 0.1) is 0 Å². The fourth-order valence-electron chi connectivity index (χ4n) is 8.04. The predicted octanol–water partition coefficient (Wildman–Crippen LogP) is 11.5. The van der Waals surface area contributed by atoms with Crippen molar-refractivity contribution in [2.24, 2.45) is 0 Å². The molecule has 1 N–H and O–H groups in total. The lowest BCUT2D eigenvalue weighted by molar-refractivity contribution is -0.240. The van der Waals surface area contributed by atoms with Gasteiger partial charge in [-0.3, -0.25) is 4.79 Å². The van der Waals surface area contributed by atoms with E-state index in [0.29, 0.717) is 32.8 Å². The Balaban J connectivity index is 0.000000200. The predicted molar refractivity (Wildman–Crippen MR) is 264 cm³/mol. The van der Waals surface area contributed by atoms with Gasteiger partial charge in [0.2, 0.25) is 0 Å². The number of carbonyl (C=O) groups is 1. The van der Waals surface area contributed by atoms with E-state index in [1.54, 1.807) is 23.5 Å². The van der Waals surface area contributed by atoms with Crippen molar-refractivity contribution in [1.29, 1.82) is 0 Å². The third-order valence-electron chi connectivity index (χ3n) is 11.4. The highest BCUT2D eigenvalue weighted by molar-refractivity contribution is 8.00. The van der Waals surface area contributed by atoms with Gasteiger partial charge < -0.3 is 38.3 Å². The van der Waals surface area contributed by atoms with Gasteiger partial charge in [-0.15, -0.1) is 0 Å². The standard InChI is InChI=1S/C29H32O5S.C27H30O4S/c1-3-25-26(31-19-22-13-7-4-8-14-22)27(33-21(2)30)28(32-20-23-15-9-5-10-16-23)29(34-25)35-24-17-11-6-12-18-24;1-2-23-25(29-18-20-12-6-3-7-13-20)24(28)26(30-19-21-14-8-4-9-15-21)27(31-23)32-22-16-10-5-11-17-22/h4-18,25-29H,3,19-20H2,1-2H3;3-17,23-28H,2,18-19H2,1H3/t25?,26-,27+,28?,29-;23?,24-,25+,26?,27+/m10/s1. The number of benzene rings is 6. The molecule has 0 bridgehead atoms. The SMILES string of the molecule is CCC1O[C@H](Sc2ccccc2)C(OCc2ccccc2)[C@@H](O)[C@@H]1OCc1ccccc1.CCC1O[C@H](Sc2ccccc2)C(OCc2ccccc2)[C@@H](OC(C)=O)[C@@H]1OCc1ccccc1. The maximum atomic E-state index is 12.2. The van der Waals surface area contributed by atoms with E-state index in [9.17, 15) is 9.90 Å². The lowest BCUT2D eigenvalue weighted by atomic mass is 9.97. The number of aliphatic hydroxyl groups excluding tert-OH is 1. The van der Waals surface area contributed by atoms with Gasteiger partial charge in [-0.25, -0.2) is 0 Å². The minimum Gasteiger partial charge on any atom is -0.457 e. The Kier molecular flexibility index (Phi) is 19.9. The smallest absolute Gasteiger partial charge is 0.303 e. The molecule has 9 nitrogen and oxygen atoms in total. The van der Waals surface area contributed by atoms with Crippen LogP contribution in [0.3, 0.4) is 0 Å². The van der Waals surface area contributed by atoms with E-state index in [4.69, 9.17) is 33.2 Å². The van der Waals surface area contributed by atoms with Gasteiger partial charge in [0.15, 0.2) is 6.10 Å². The van der Waals surface area contributed by atoms with Crippen molar-refractivity contribution in [3.05, 3.63) is 204 Å². The maximum Gasteiger partial charge on any atom is 0.303 e. The number of aliphatic hydroxyl groups is 1. The van der Waals surface area contributed by atoms with Gasteiger partial charge in [-0.2, -0.15) is 0 Å². The largest absolute Gasteiger partial charge is 0.457 e. The Labute approximate surface area is 404 Å². The van der Waals surface area contributed by atoms with Crippen LogP contribution in [0.15, 0.2) is 192 Å². The molecule has 2 aliphatic rings. The number of carbonyl (C=O) groups excluding carboxylic acids is 1. The molecule has 6 aromatic rings. The molecule has 352 valence electrons. The van der Waals surface area contributed by atoms with Gasteiger partial charge in [-0.05, 0) is 59.4 Å². The molecular weight excluding hydrogens is 881 g/mol. The van der Waals surface area contributed by atoms with E-state index in [1.807, 2.05) is 182 Å². The zero-order valence-electron chi connectivity index (χ0n) is 38.4. The van der Waals surface area contributed by atoms with Crippen LogP contribution in [0.2, 0.25) is 0 Å². The highest BCUT2D eigenvalue weighted by Crippen LogP contribution is 2.40. The molecule has 0 aliphatic carbocycles. The highest BCUT2D eigenvalue weighted by Gasteiger charge is 2.50. The van der Waals surface area contributed by atoms with Crippen LogP contribution in [0.1, 0.15) is 55.9 Å². The number of rotatable bonds is 19. The van der Waals surface area contributed by atoms with Gasteiger partial charge in [0, 0.05) is 16.7 Å². The third-order valence-corrected chi connectivity index (χ3v) is 13.8. The average Bonchev–Trinajstić information content (AvgIpc) is 3.37. The van der Waals surface area contributed by atoms with Crippen molar-refractivity contribution in [1.82, 2.24) is 0 Å². The van der Waals surface area contributed by atoms with Crippen LogP contribution >= 0.6 is 23.5 Å². The molecule has 0 aromatic heterocycles. The first-order valence-corrected chi connectivity index (χ1v) is 24.9. The fourth-order valence-corrected chi connectivity index (χ4v) is 10.3. The number of hydrogen-bond donors (Lipinski definition) is 1. The van der Waals surface area contributed by atoms with Crippen molar-refractivity contribution in [3.63, 3.8) is 0 Å². The maximum absolute atomic E-state index is 12.2. The molecule has 0 amide bonds. The van der Waals surface area contributed by atoms with Crippen LogP contribution in [-0.2, 0) is 64.4 Å². The molecule has 0 saturated carbocycles. The summed E-state index contributed by atoms with van der Waals surface area (Å²) in [7, 11) is 0. The summed E-state index contributed by atoms with van der Waals surface area (Å²) in [6, 6.07) is 60.1. The molecule has 10 atom stereocenters. The Morgan fingerprint density at radius 3 is 1.13 bits per heavy atom. The molecule has 67 heavy (non-hydrogen) atoms. The second kappa shape index (κ2) is 26.7. The van der Waals surface area contributed by atoms with Crippen molar-refractivity contribution >= 4 is 29.5 Å². The Hall–Kier alpha value is -4.79. The Morgan fingerprint density at radius 1 is 0.448 bits per heavy atom. The zero-order valence-corrected chi connectivity index (χ0v) is 40.0. The molecule has 0 spiro atoms. The zero-order chi connectivity index (χ0) is 46.6. The first-order valence-electron chi connectivity index (χ1n) is 23.1. The molecule has 0 radical (unpaired) electrons. The molecule has 11 heteroatoms. The van der Waals surface area contributed by atoms with E-state index in [0.717, 1.165) is 38.5 Å². The highest BCUT2D eigenvalue weighted by atomic mass is 32.2. The Bertz CT molecular complexity index is 2280. The fraction of sp³-hybridized carbons (Fsp3) is 0.339. The number of thioether (sulfide) groups is 2. The molecule has 2 saturated heterocycles. The molecule has 2 aliphatic heterocycles. The van der Waals surface area contributed by atoms with Gasteiger partial charge >= 0.3 is 5.97 Å². The molecular formula is C56H62O9S2. The normalized spacial score (nSPS) is 24.8. The summed E-state index contributed by atoms with van der Waals surface area (Å²) in [6.45, 7) is 7.14. The van der Waals surface area contributed by atoms with E-state index >= 15 is 0 Å². The van der Waals surface area contributed by atoms with Crippen molar-refractivity contribution in [3.8, 4) is 0 Å². The molecule has 2 heterocycles. The average molecular weight is 943 g/mol. The molecule has 4 unspecified atom stereocenters. The molecule has 8 rings (SSSR count). The summed E-state index contributed by atoms with van der Waals surface area (Å²) < 4.78 is 44.2. The third kappa shape index (κ3) is 15.1. The first kappa shape index (κ1) is 50.1. The van der Waals surface area contributed by atoms with Gasteiger partial charge in [0.1, 0.15) is 41.4 Å². The summed E-state index contributed by atoms with van der Waals surface area (Å²) in [5, 5.41) is 11.4. The summed E-state index contributed by atoms with van der Waals surface area (Å²) in [6.07, 6.45) is -2.39. The van der Waals surface area contributed by atoms with Gasteiger partial charge in [0.05, 0.1) is 38.6 Å². The minimum absolute atomic E-state index is 0.216. The molecule has 2 fully saturated rings. The van der Waals surface area contributed by atoms with E-state index in [1.165, 1.54) is 6.92 Å². The minimum atomic E-state index is -0.803. The summed E-state index contributed by atoms with van der Waals surface area (Å²) in [4.78, 5) is 14.4. The van der Waals surface area contributed by atoms with E-state index in [2.05, 4.69) is 13.8 Å². The quantitative estimate of drug-likeness (QED) is 0.0786. The first-order chi connectivity index (χ1) is 32.9. The second-order valence-electron chi connectivity index (χ2n) is 16.4. The van der Waals surface area contributed by atoms with E-state index in [-0.39, 0.29) is 29.0 Å². The lowest BCUT2D eigenvalue weighted by Gasteiger charge is -2.45. The summed E-state index contributed by atoms with van der Waals surface area (Å²) in [5.41, 5.74) is 3.51. The summed E-state index contributed by atoms with van der Waals surface area (Å²) >= 11 is 3.16. The Morgan fingerprint density at radius 2 is 0.761 bits per heavy atom. The number of hydrogen-bond acceptors (Lipinski definition) is 11. The second-order valence-corrected chi connectivity index (χ2v) is 18.7. The molecule has 6 aromatic carbocycles. The number of esters is 1. The van der Waals surface area contributed by atoms with Crippen LogP contribution < -0.4 is 0 Å². The van der Waals surface area contributed by atoms with Crippen LogP contribution in [0.4, 0.5) is 0 Å². The monoisotopic (exact) mass is 942 g/mol. The van der Waals surface area contributed by atoms with Crippen molar-refractivity contribution in [2.45, 2.75) is 130 Å². The van der Waals surface area contributed by atoms with Crippen molar-refractivity contribution in [2.75, 3.05) is 0 Å². The van der Waals surface area contributed by atoms with Crippen molar-refractivity contribution < 1.29 is 43.1 Å². The lowest BCUT2D eigenvalue weighted by Crippen LogP contribution is -2.59. The number of ether oxygens (including phenoxy) is 7. The topological polar surface area (TPSA) is 102 Å². The van der Waals surface area contributed by atoms with E-state index < -0.39 is 36.6 Å².